The number of hydrogen-bond donors (Lipinski definition) is 3. The number of rotatable bonds is 4. The van der Waals surface area contributed by atoms with Crippen molar-refractivity contribution in [2.75, 3.05) is 6.54 Å². The summed E-state index contributed by atoms with van der Waals surface area (Å²) in [7, 11) is 0. The Hall–Kier alpha value is -1.62. The number of nitrogens with zero attached hydrogens (tertiary/aromatic N) is 2. The molecule has 0 aliphatic rings. The Bertz CT molecular complexity index is 348. The molecule has 0 aromatic carbocycles. The van der Waals surface area contributed by atoms with Crippen molar-refractivity contribution >= 4 is 5.96 Å². The van der Waals surface area contributed by atoms with Crippen molar-refractivity contribution in [1.82, 2.24) is 15.7 Å². The molecular weight excluding hydrogens is 202 g/mol. The number of nitrogens with two attached hydrogens (primary N) is 1. The number of aryl methyl sites for hydroxylation is 1. The molecule has 0 aliphatic heterocycles. The minimum absolute atomic E-state index is 0.602. The molecule has 0 bridgehead atoms. The van der Waals surface area contributed by atoms with E-state index in [4.69, 9.17) is 5.84 Å². The second kappa shape index (κ2) is 6.79. The van der Waals surface area contributed by atoms with Crippen LogP contribution in [0.1, 0.15) is 24.5 Å². The van der Waals surface area contributed by atoms with Crippen LogP contribution in [0, 0.1) is 6.92 Å². The number of hydrogen-bond acceptors (Lipinski definition) is 3. The smallest absolute Gasteiger partial charge is 0.206 e. The molecule has 88 valence electrons. The summed E-state index contributed by atoms with van der Waals surface area (Å²) >= 11 is 0. The third kappa shape index (κ3) is 3.86. The lowest BCUT2D eigenvalue weighted by Gasteiger charge is -2.08. The molecule has 0 atom stereocenters. The van der Waals surface area contributed by atoms with Crippen molar-refractivity contribution in [3.63, 3.8) is 0 Å². The fourth-order valence-electron chi connectivity index (χ4n) is 1.24. The van der Waals surface area contributed by atoms with Crippen LogP contribution in [-0.2, 0) is 6.54 Å². The minimum atomic E-state index is 0.602. The first kappa shape index (κ1) is 12.4. The summed E-state index contributed by atoms with van der Waals surface area (Å²) in [5.41, 5.74) is 4.84. The van der Waals surface area contributed by atoms with E-state index in [1.807, 2.05) is 19.2 Å². The van der Waals surface area contributed by atoms with E-state index in [2.05, 4.69) is 27.6 Å². The molecule has 0 unspecified atom stereocenters. The number of hydrazine groups is 1. The molecule has 4 N–H and O–H groups in total. The molecule has 16 heavy (non-hydrogen) atoms. The van der Waals surface area contributed by atoms with Crippen LogP contribution in [-0.4, -0.2) is 17.5 Å². The van der Waals surface area contributed by atoms with Crippen LogP contribution in [0.3, 0.4) is 0 Å². The summed E-state index contributed by atoms with van der Waals surface area (Å²) in [5.74, 6) is 5.98. The number of pyridine rings is 1. The normalized spacial score (nSPS) is 11.3. The summed E-state index contributed by atoms with van der Waals surface area (Å²) in [4.78, 5) is 8.39. The van der Waals surface area contributed by atoms with Gasteiger partial charge in [0.1, 0.15) is 0 Å². The van der Waals surface area contributed by atoms with Gasteiger partial charge in [-0.25, -0.2) is 10.8 Å². The van der Waals surface area contributed by atoms with Gasteiger partial charge in [-0.15, -0.1) is 0 Å². The van der Waals surface area contributed by atoms with Crippen LogP contribution < -0.4 is 16.6 Å². The van der Waals surface area contributed by atoms with E-state index in [0.29, 0.717) is 12.5 Å². The molecule has 0 saturated heterocycles. The zero-order valence-corrected chi connectivity index (χ0v) is 9.83. The maximum absolute atomic E-state index is 5.36. The summed E-state index contributed by atoms with van der Waals surface area (Å²) in [5, 5.41) is 3.11. The lowest BCUT2D eigenvalue weighted by molar-refractivity contribution is 0.790. The molecule has 5 nitrogen and oxygen atoms in total. The van der Waals surface area contributed by atoms with E-state index in [1.165, 1.54) is 0 Å². The molecule has 1 aromatic heterocycles. The molecule has 0 fully saturated rings. The molecule has 1 heterocycles. The van der Waals surface area contributed by atoms with Crippen LogP contribution in [0.15, 0.2) is 23.5 Å². The molecule has 0 radical (unpaired) electrons. The van der Waals surface area contributed by atoms with Gasteiger partial charge < -0.3 is 5.32 Å². The predicted molar refractivity (Wildman–Crippen MR) is 65.7 cm³/mol. The van der Waals surface area contributed by atoms with Gasteiger partial charge in [0.2, 0.25) is 5.96 Å². The van der Waals surface area contributed by atoms with Crippen molar-refractivity contribution in [3.05, 3.63) is 29.6 Å². The highest BCUT2D eigenvalue weighted by Gasteiger charge is 1.98. The topological polar surface area (TPSA) is 75.3 Å². The lowest BCUT2D eigenvalue weighted by atomic mass is 10.2. The Balaban J connectivity index is 2.59. The fourth-order valence-corrected chi connectivity index (χ4v) is 1.24. The van der Waals surface area contributed by atoms with E-state index in [9.17, 15) is 0 Å². The largest absolute Gasteiger partial charge is 0.355 e. The van der Waals surface area contributed by atoms with Gasteiger partial charge in [-0.3, -0.25) is 10.4 Å². The van der Waals surface area contributed by atoms with E-state index < -0.39 is 0 Å². The highest BCUT2D eigenvalue weighted by Crippen LogP contribution is 2.05. The average molecular weight is 221 g/mol. The molecule has 0 amide bonds. The number of aliphatic imine (C=N–C) groups is 1. The van der Waals surface area contributed by atoms with Gasteiger partial charge in [0.25, 0.3) is 0 Å². The molecule has 0 spiro atoms. The van der Waals surface area contributed by atoms with Crippen LogP contribution in [0.4, 0.5) is 0 Å². The third-order valence-corrected chi connectivity index (χ3v) is 2.22. The number of aromatic nitrogens is 1. The highest BCUT2D eigenvalue weighted by molar-refractivity contribution is 5.79. The Morgan fingerprint density at radius 3 is 3.00 bits per heavy atom. The van der Waals surface area contributed by atoms with Gasteiger partial charge in [-0.2, -0.15) is 0 Å². The summed E-state index contributed by atoms with van der Waals surface area (Å²) in [6.07, 6.45) is 4.64. The number of guanidine groups is 1. The van der Waals surface area contributed by atoms with E-state index in [1.54, 1.807) is 6.20 Å². The zero-order chi connectivity index (χ0) is 11.8. The lowest BCUT2D eigenvalue weighted by Crippen LogP contribution is -2.41. The van der Waals surface area contributed by atoms with Gasteiger partial charge >= 0.3 is 0 Å². The Morgan fingerprint density at radius 1 is 1.56 bits per heavy atom. The van der Waals surface area contributed by atoms with Gasteiger partial charge in [0, 0.05) is 18.9 Å². The standard InChI is InChI=1S/C11H19N5/c1-3-5-14-11(16-12)15-8-10-4-6-13-7-9(10)2/h4,6-7H,3,5,8,12H2,1-2H3,(H2,14,15,16). The monoisotopic (exact) mass is 221 g/mol. The Morgan fingerprint density at radius 2 is 2.38 bits per heavy atom. The van der Waals surface area contributed by atoms with Gasteiger partial charge in [0.05, 0.1) is 6.54 Å². The molecule has 0 saturated carbocycles. The SMILES string of the molecule is CCCNC(=NCc1ccncc1C)NN. The minimum Gasteiger partial charge on any atom is -0.355 e. The van der Waals surface area contributed by atoms with Gasteiger partial charge in [-0.1, -0.05) is 6.92 Å². The molecule has 1 rings (SSSR count). The van der Waals surface area contributed by atoms with Crippen LogP contribution in [0.2, 0.25) is 0 Å². The Kier molecular flexibility index (Phi) is 5.28. The maximum atomic E-state index is 5.36. The van der Waals surface area contributed by atoms with Crippen molar-refractivity contribution in [2.24, 2.45) is 10.8 Å². The quantitative estimate of drug-likeness (QED) is 0.303. The van der Waals surface area contributed by atoms with Crippen molar-refractivity contribution in [3.8, 4) is 0 Å². The van der Waals surface area contributed by atoms with E-state index in [0.717, 1.165) is 24.1 Å². The molecular formula is C11H19N5. The Labute approximate surface area is 96.1 Å². The van der Waals surface area contributed by atoms with Crippen molar-refractivity contribution in [2.45, 2.75) is 26.8 Å². The molecule has 0 aliphatic carbocycles. The van der Waals surface area contributed by atoms with Gasteiger partial charge in [0.15, 0.2) is 0 Å². The average Bonchev–Trinajstić information content (AvgIpc) is 2.31. The zero-order valence-electron chi connectivity index (χ0n) is 9.83. The fraction of sp³-hybridized carbons (Fsp3) is 0.455. The third-order valence-electron chi connectivity index (χ3n) is 2.22. The maximum Gasteiger partial charge on any atom is 0.206 e. The van der Waals surface area contributed by atoms with Crippen molar-refractivity contribution < 1.29 is 0 Å². The molecule has 5 heteroatoms. The van der Waals surface area contributed by atoms with Gasteiger partial charge in [-0.05, 0) is 30.5 Å². The first-order chi connectivity index (χ1) is 7.77. The first-order valence-corrected chi connectivity index (χ1v) is 5.42. The van der Waals surface area contributed by atoms with E-state index in [-0.39, 0.29) is 0 Å². The van der Waals surface area contributed by atoms with Crippen LogP contribution in [0.5, 0.6) is 0 Å². The van der Waals surface area contributed by atoms with Crippen LogP contribution in [0.25, 0.3) is 0 Å². The summed E-state index contributed by atoms with van der Waals surface area (Å²) in [6, 6.07) is 1.97. The first-order valence-electron chi connectivity index (χ1n) is 5.42. The van der Waals surface area contributed by atoms with E-state index >= 15 is 0 Å². The summed E-state index contributed by atoms with van der Waals surface area (Å²) < 4.78 is 0. The van der Waals surface area contributed by atoms with Crippen LogP contribution >= 0.6 is 0 Å². The second-order valence-electron chi connectivity index (χ2n) is 3.54. The second-order valence-corrected chi connectivity index (χ2v) is 3.54. The molecule has 1 aromatic rings. The highest BCUT2D eigenvalue weighted by atomic mass is 15.3. The van der Waals surface area contributed by atoms with Crippen molar-refractivity contribution in [1.29, 1.82) is 0 Å². The predicted octanol–water partition coefficient (Wildman–Crippen LogP) is 0.709. The summed E-state index contributed by atoms with van der Waals surface area (Å²) in [6.45, 7) is 5.57. The number of nitrogens with one attached hydrogen (secondary N) is 2.